The van der Waals surface area contributed by atoms with Crippen LogP contribution in [0.1, 0.15) is 43.7 Å². The normalized spacial score (nSPS) is 17.9. The highest BCUT2D eigenvalue weighted by molar-refractivity contribution is 6.00. The van der Waals surface area contributed by atoms with Crippen LogP contribution in [-0.4, -0.2) is 24.9 Å². The Morgan fingerprint density at radius 3 is 2.82 bits per heavy atom. The van der Waals surface area contributed by atoms with Gasteiger partial charge in [0.2, 0.25) is 11.8 Å². The van der Waals surface area contributed by atoms with E-state index in [1.54, 1.807) is 4.90 Å². The SMILES string of the molecule is CCCCCNC(=O)C1CC(=O)N(c2cc(C)ccc2C)C1. The lowest BCUT2D eigenvalue weighted by Gasteiger charge is -2.19. The van der Waals surface area contributed by atoms with Crippen molar-refractivity contribution in [3.05, 3.63) is 29.3 Å². The van der Waals surface area contributed by atoms with Gasteiger partial charge in [0.25, 0.3) is 0 Å². The van der Waals surface area contributed by atoms with E-state index in [4.69, 9.17) is 0 Å². The van der Waals surface area contributed by atoms with Gasteiger partial charge in [0, 0.05) is 25.2 Å². The molecule has 1 aromatic carbocycles. The Morgan fingerprint density at radius 1 is 1.32 bits per heavy atom. The van der Waals surface area contributed by atoms with Crippen molar-refractivity contribution in [1.82, 2.24) is 5.32 Å². The highest BCUT2D eigenvalue weighted by Gasteiger charge is 2.35. The standard InChI is InChI=1S/C18H26N2O2/c1-4-5-6-9-19-18(22)15-11-17(21)20(12-15)16-10-13(2)7-8-14(16)3/h7-8,10,15H,4-6,9,11-12H2,1-3H3,(H,19,22). The van der Waals surface area contributed by atoms with Crippen molar-refractivity contribution < 1.29 is 9.59 Å². The summed E-state index contributed by atoms with van der Waals surface area (Å²) in [5.74, 6) is -0.172. The molecule has 0 aliphatic carbocycles. The summed E-state index contributed by atoms with van der Waals surface area (Å²) in [5.41, 5.74) is 3.13. The number of hydrogen-bond donors (Lipinski definition) is 1. The predicted molar refractivity (Wildman–Crippen MR) is 88.9 cm³/mol. The smallest absolute Gasteiger partial charge is 0.227 e. The second-order valence-corrected chi connectivity index (χ2v) is 6.19. The Balaban J connectivity index is 1.98. The number of carbonyl (C=O) groups is 2. The number of carbonyl (C=O) groups excluding carboxylic acids is 2. The molecule has 4 heteroatoms. The van der Waals surface area contributed by atoms with Gasteiger partial charge in [-0.2, -0.15) is 0 Å². The monoisotopic (exact) mass is 302 g/mol. The van der Waals surface area contributed by atoms with Gasteiger partial charge in [-0.05, 0) is 37.5 Å². The van der Waals surface area contributed by atoms with Crippen LogP contribution in [0.25, 0.3) is 0 Å². The van der Waals surface area contributed by atoms with Gasteiger partial charge in [-0.1, -0.05) is 31.9 Å². The topological polar surface area (TPSA) is 49.4 Å². The Labute approximate surface area is 132 Å². The minimum absolute atomic E-state index is 0.0114. The molecule has 1 unspecified atom stereocenters. The van der Waals surface area contributed by atoms with Crippen LogP contribution in [0, 0.1) is 19.8 Å². The number of anilines is 1. The van der Waals surface area contributed by atoms with Gasteiger partial charge < -0.3 is 10.2 Å². The molecule has 22 heavy (non-hydrogen) atoms. The third-order valence-corrected chi connectivity index (χ3v) is 4.23. The Bertz CT molecular complexity index is 554. The molecule has 1 saturated heterocycles. The maximum Gasteiger partial charge on any atom is 0.227 e. The molecule has 0 bridgehead atoms. The van der Waals surface area contributed by atoms with E-state index < -0.39 is 0 Å². The molecule has 1 heterocycles. The largest absolute Gasteiger partial charge is 0.356 e. The van der Waals surface area contributed by atoms with E-state index in [0.717, 1.165) is 36.1 Å². The second-order valence-electron chi connectivity index (χ2n) is 6.19. The summed E-state index contributed by atoms with van der Waals surface area (Å²) in [5, 5.41) is 2.96. The van der Waals surface area contributed by atoms with Crippen molar-refractivity contribution in [2.24, 2.45) is 5.92 Å². The number of aryl methyl sites for hydroxylation is 2. The zero-order valence-corrected chi connectivity index (χ0v) is 13.8. The maximum absolute atomic E-state index is 12.3. The summed E-state index contributed by atoms with van der Waals surface area (Å²) >= 11 is 0. The second kappa shape index (κ2) is 7.43. The molecule has 2 rings (SSSR count). The molecule has 0 radical (unpaired) electrons. The molecule has 1 aromatic rings. The zero-order chi connectivity index (χ0) is 16.1. The van der Waals surface area contributed by atoms with Crippen molar-refractivity contribution in [2.45, 2.75) is 46.5 Å². The Hall–Kier alpha value is -1.84. The first-order valence-corrected chi connectivity index (χ1v) is 8.18. The summed E-state index contributed by atoms with van der Waals surface area (Å²) in [6, 6.07) is 6.09. The fourth-order valence-electron chi connectivity index (χ4n) is 2.86. The average Bonchev–Trinajstić information content (AvgIpc) is 2.88. The maximum atomic E-state index is 12.3. The van der Waals surface area contributed by atoms with E-state index in [2.05, 4.69) is 12.2 Å². The number of nitrogens with one attached hydrogen (secondary N) is 1. The molecule has 120 valence electrons. The summed E-state index contributed by atoms with van der Waals surface area (Å²) in [7, 11) is 0. The molecule has 4 nitrogen and oxygen atoms in total. The molecule has 1 atom stereocenters. The van der Waals surface area contributed by atoms with Gasteiger partial charge in [-0.3, -0.25) is 9.59 Å². The van der Waals surface area contributed by atoms with E-state index in [0.29, 0.717) is 19.5 Å². The van der Waals surface area contributed by atoms with Crippen LogP contribution in [0.5, 0.6) is 0 Å². The van der Waals surface area contributed by atoms with Gasteiger partial charge in [0.1, 0.15) is 0 Å². The fraction of sp³-hybridized carbons (Fsp3) is 0.556. The molecule has 2 amide bonds. The van der Waals surface area contributed by atoms with Crippen LogP contribution in [-0.2, 0) is 9.59 Å². The summed E-state index contributed by atoms with van der Waals surface area (Å²) in [6.07, 6.45) is 3.58. The highest BCUT2D eigenvalue weighted by Crippen LogP contribution is 2.28. The fourth-order valence-corrected chi connectivity index (χ4v) is 2.86. The van der Waals surface area contributed by atoms with Crippen LogP contribution in [0.3, 0.4) is 0 Å². The summed E-state index contributed by atoms with van der Waals surface area (Å²) in [4.78, 5) is 26.2. The van der Waals surface area contributed by atoms with E-state index >= 15 is 0 Å². The van der Waals surface area contributed by atoms with Gasteiger partial charge in [0.05, 0.1) is 5.92 Å². The number of benzene rings is 1. The summed E-state index contributed by atoms with van der Waals surface area (Å²) < 4.78 is 0. The third-order valence-electron chi connectivity index (χ3n) is 4.23. The molecule has 0 saturated carbocycles. The van der Waals surface area contributed by atoms with Crippen LogP contribution >= 0.6 is 0 Å². The lowest BCUT2D eigenvalue weighted by Crippen LogP contribution is -2.33. The van der Waals surface area contributed by atoms with Crippen LogP contribution in [0.2, 0.25) is 0 Å². The van der Waals surface area contributed by atoms with Gasteiger partial charge in [-0.15, -0.1) is 0 Å². The van der Waals surface area contributed by atoms with Gasteiger partial charge in [-0.25, -0.2) is 0 Å². The number of rotatable bonds is 6. The van der Waals surface area contributed by atoms with Crippen molar-refractivity contribution in [3.63, 3.8) is 0 Å². The molecule has 1 N–H and O–H groups in total. The van der Waals surface area contributed by atoms with Crippen molar-refractivity contribution in [2.75, 3.05) is 18.0 Å². The minimum atomic E-state index is -0.228. The van der Waals surface area contributed by atoms with Crippen molar-refractivity contribution >= 4 is 17.5 Å². The van der Waals surface area contributed by atoms with E-state index in [9.17, 15) is 9.59 Å². The van der Waals surface area contributed by atoms with Crippen LogP contribution < -0.4 is 10.2 Å². The first kappa shape index (κ1) is 16.5. The number of nitrogens with zero attached hydrogens (tertiary/aromatic N) is 1. The van der Waals surface area contributed by atoms with E-state index in [1.165, 1.54) is 0 Å². The third kappa shape index (κ3) is 3.87. The lowest BCUT2D eigenvalue weighted by molar-refractivity contribution is -0.126. The highest BCUT2D eigenvalue weighted by atomic mass is 16.2. The van der Waals surface area contributed by atoms with Crippen LogP contribution in [0.15, 0.2) is 18.2 Å². The van der Waals surface area contributed by atoms with Gasteiger partial charge in [0.15, 0.2) is 0 Å². The van der Waals surface area contributed by atoms with E-state index in [1.807, 2.05) is 32.0 Å². The molecular weight excluding hydrogens is 276 g/mol. The molecule has 1 aliphatic rings. The number of hydrogen-bond acceptors (Lipinski definition) is 2. The quantitative estimate of drug-likeness (QED) is 0.821. The van der Waals surface area contributed by atoms with Crippen molar-refractivity contribution in [1.29, 1.82) is 0 Å². The van der Waals surface area contributed by atoms with Crippen molar-refractivity contribution in [3.8, 4) is 0 Å². The van der Waals surface area contributed by atoms with E-state index in [-0.39, 0.29) is 17.7 Å². The average molecular weight is 302 g/mol. The Kier molecular flexibility index (Phi) is 5.58. The lowest BCUT2D eigenvalue weighted by atomic mass is 10.1. The summed E-state index contributed by atoms with van der Waals surface area (Å²) in [6.45, 7) is 7.35. The zero-order valence-electron chi connectivity index (χ0n) is 13.8. The molecule has 0 spiro atoms. The predicted octanol–water partition coefficient (Wildman–Crippen LogP) is 2.96. The first-order chi connectivity index (χ1) is 10.5. The number of amides is 2. The molecule has 1 fully saturated rings. The first-order valence-electron chi connectivity index (χ1n) is 8.18. The minimum Gasteiger partial charge on any atom is -0.356 e. The Morgan fingerprint density at radius 2 is 2.09 bits per heavy atom. The van der Waals surface area contributed by atoms with Gasteiger partial charge >= 0.3 is 0 Å². The molecule has 0 aromatic heterocycles. The number of unbranched alkanes of at least 4 members (excludes halogenated alkanes) is 2. The molecular formula is C18H26N2O2. The van der Waals surface area contributed by atoms with Crippen LogP contribution in [0.4, 0.5) is 5.69 Å². The molecule has 1 aliphatic heterocycles.